The number of nitrogens with zero attached hydrogens (tertiary/aromatic N) is 1. The van der Waals surface area contributed by atoms with Crippen LogP contribution in [0, 0.1) is 0 Å². The van der Waals surface area contributed by atoms with Gasteiger partial charge in [-0.1, -0.05) is 13.3 Å². The van der Waals surface area contributed by atoms with Crippen LogP contribution in [0.3, 0.4) is 0 Å². The first-order chi connectivity index (χ1) is 5.84. The Morgan fingerprint density at radius 3 is 3.00 bits per heavy atom. The molecule has 0 bridgehead atoms. The van der Waals surface area contributed by atoms with Crippen LogP contribution in [0.5, 0.6) is 0 Å². The lowest BCUT2D eigenvalue weighted by Gasteiger charge is -2.31. The topological polar surface area (TPSA) is 15.3 Å². The van der Waals surface area contributed by atoms with Gasteiger partial charge in [0.25, 0.3) is 0 Å². The molecule has 12 heavy (non-hydrogen) atoms. The highest BCUT2D eigenvalue weighted by Gasteiger charge is 2.16. The molecular weight excluding hydrogens is 168 g/mol. The smallest absolute Gasteiger partial charge is 0.0688 e. The zero-order valence-electron chi connectivity index (χ0n) is 8.18. The van der Waals surface area contributed by atoms with Crippen molar-refractivity contribution in [2.45, 2.75) is 25.9 Å². The molecule has 1 saturated heterocycles. The van der Waals surface area contributed by atoms with Crippen molar-refractivity contribution in [3.05, 3.63) is 0 Å². The minimum Gasteiger partial charge on any atom is -0.300 e. The van der Waals surface area contributed by atoms with Crippen LogP contribution in [0.25, 0.3) is 0 Å². The Kier molecular flexibility index (Phi) is 5.04. The van der Waals surface area contributed by atoms with Gasteiger partial charge in [0.15, 0.2) is 0 Å². The van der Waals surface area contributed by atoms with Crippen LogP contribution in [-0.4, -0.2) is 42.7 Å². The van der Waals surface area contributed by atoms with Crippen LogP contribution < -0.4 is 5.32 Å². The zero-order valence-corrected chi connectivity index (χ0v) is 8.99. The van der Waals surface area contributed by atoms with Crippen molar-refractivity contribution in [1.29, 1.82) is 0 Å². The van der Waals surface area contributed by atoms with Gasteiger partial charge >= 0.3 is 0 Å². The molecule has 0 radical (unpaired) electrons. The van der Waals surface area contributed by atoms with Crippen molar-refractivity contribution in [1.82, 2.24) is 10.2 Å². The van der Waals surface area contributed by atoms with E-state index in [0.29, 0.717) is 6.17 Å². The highest BCUT2D eigenvalue weighted by molar-refractivity contribution is 7.99. The van der Waals surface area contributed by atoms with Gasteiger partial charge in [-0.05, 0) is 20.0 Å². The van der Waals surface area contributed by atoms with Crippen LogP contribution in [0.4, 0.5) is 0 Å². The predicted molar refractivity (Wildman–Crippen MR) is 56.7 cm³/mol. The lowest BCUT2D eigenvalue weighted by atomic mass is 10.3. The monoisotopic (exact) mass is 188 g/mol. The number of hydrogen-bond donors (Lipinski definition) is 1. The summed E-state index contributed by atoms with van der Waals surface area (Å²) in [6.45, 7) is 4.65. The number of nitrogens with one attached hydrogen (secondary N) is 1. The van der Waals surface area contributed by atoms with Crippen molar-refractivity contribution >= 4 is 11.8 Å². The molecule has 1 aliphatic heterocycles. The average molecular weight is 188 g/mol. The molecule has 0 aromatic rings. The molecule has 1 N–H and O–H groups in total. The van der Waals surface area contributed by atoms with E-state index in [0.717, 1.165) is 0 Å². The molecule has 3 heteroatoms. The fourth-order valence-corrected chi connectivity index (χ4v) is 2.42. The Morgan fingerprint density at radius 1 is 1.58 bits per heavy atom. The summed E-state index contributed by atoms with van der Waals surface area (Å²) in [6.07, 6.45) is 3.24. The van der Waals surface area contributed by atoms with Crippen molar-refractivity contribution in [2.24, 2.45) is 0 Å². The van der Waals surface area contributed by atoms with E-state index in [-0.39, 0.29) is 0 Å². The van der Waals surface area contributed by atoms with Gasteiger partial charge in [0, 0.05) is 18.1 Å². The van der Waals surface area contributed by atoms with Gasteiger partial charge in [0.2, 0.25) is 0 Å². The van der Waals surface area contributed by atoms with Crippen molar-refractivity contribution in [2.75, 3.05) is 31.6 Å². The fourth-order valence-electron chi connectivity index (χ4n) is 1.40. The minimum atomic E-state index is 0.621. The quantitative estimate of drug-likeness (QED) is 0.717. The zero-order chi connectivity index (χ0) is 8.81. The van der Waals surface area contributed by atoms with Crippen molar-refractivity contribution in [3.63, 3.8) is 0 Å². The molecule has 0 amide bonds. The van der Waals surface area contributed by atoms with E-state index in [9.17, 15) is 0 Å². The summed E-state index contributed by atoms with van der Waals surface area (Å²) in [5.41, 5.74) is 0. The lowest BCUT2D eigenvalue weighted by molar-refractivity contribution is 0.221. The Morgan fingerprint density at radius 2 is 2.42 bits per heavy atom. The Bertz CT molecular complexity index is 113. The molecule has 72 valence electrons. The van der Waals surface area contributed by atoms with E-state index in [1.54, 1.807) is 0 Å². The molecule has 1 atom stereocenters. The summed E-state index contributed by atoms with van der Waals surface area (Å²) in [5, 5.41) is 3.53. The van der Waals surface area contributed by atoms with Crippen molar-refractivity contribution in [3.8, 4) is 0 Å². The first kappa shape index (κ1) is 10.4. The highest BCUT2D eigenvalue weighted by atomic mass is 32.2. The normalized spacial score (nSPS) is 24.8. The van der Waals surface area contributed by atoms with Gasteiger partial charge in [-0.25, -0.2) is 0 Å². The third-order valence-corrected chi connectivity index (χ3v) is 3.34. The molecule has 1 aliphatic rings. The lowest BCUT2D eigenvalue weighted by Crippen LogP contribution is -2.49. The molecule has 1 unspecified atom stereocenters. The van der Waals surface area contributed by atoms with Gasteiger partial charge < -0.3 is 5.32 Å². The second-order valence-corrected chi connectivity index (χ2v) is 4.53. The predicted octanol–water partition coefficient (Wildman–Crippen LogP) is 1.38. The summed E-state index contributed by atoms with van der Waals surface area (Å²) in [5.74, 6) is 2.53. The first-order valence-electron chi connectivity index (χ1n) is 4.86. The van der Waals surface area contributed by atoms with Gasteiger partial charge in [-0.2, -0.15) is 11.8 Å². The van der Waals surface area contributed by atoms with E-state index in [1.165, 1.54) is 37.4 Å². The third-order valence-electron chi connectivity index (χ3n) is 2.30. The minimum absolute atomic E-state index is 0.621. The maximum absolute atomic E-state index is 3.53. The molecule has 0 aliphatic carbocycles. The van der Waals surface area contributed by atoms with E-state index < -0.39 is 0 Å². The first-order valence-corrected chi connectivity index (χ1v) is 6.01. The molecule has 1 fully saturated rings. The Balaban J connectivity index is 2.15. The average Bonchev–Trinajstić information content (AvgIpc) is 2.15. The summed E-state index contributed by atoms with van der Waals surface area (Å²) < 4.78 is 0. The Hall–Kier alpha value is 0.270. The van der Waals surface area contributed by atoms with Crippen LogP contribution in [0.1, 0.15) is 19.8 Å². The van der Waals surface area contributed by atoms with Crippen LogP contribution in [0.2, 0.25) is 0 Å². The molecule has 0 aromatic heterocycles. The van der Waals surface area contributed by atoms with E-state index >= 15 is 0 Å². The summed E-state index contributed by atoms with van der Waals surface area (Å²) >= 11 is 2.06. The van der Waals surface area contributed by atoms with Crippen LogP contribution in [-0.2, 0) is 0 Å². The second-order valence-electron chi connectivity index (χ2n) is 3.38. The Labute approximate surface area is 80.1 Å². The SMILES string of the molecule is CCCCN(C)C1CSCCN1. The molecule has 2 nitrogen and oxygen atoms in total. The molecule has 1 rings (SSSR count). The summed E-state index contributed by atoms with van der Waals surface area (Å²) in [6, 6.07) is 0. The maximum Gasteiger partial charge on any atom is 0.0688 e. The molecule has 0 aromatic carbocycles. The molecular formula is C9H20N2S. The number of thioether (sulfide) groups is 1. The van der Waals surface area contributed by atoms with Gasteiger partial charge in [-0.3, -0.25) is 4.90 Å². The number of rotatable bonds is 4. The van der Waals surface area contributed by atoms with Crippen LogP contribution in [0.15, 0.2) is 0 Å². The molecule has 0 saturated carbocycles. The summed E-state index contributed by atoms with van der Waals surface area (Å²) in [4.78, 5) is 2.44. The van der Waals surface area contributed by atoms with E-state index in [2.05, 4.69) is 35.9 Å². The molecule has 0 spiro atoms. The number of unbranched alkanes of at least 4 members (excludes halogenated alkanes) is 1. The fraction of sp³-hybridized carbons (Fsp3) is 1.00. The van der Waals surface area contributed by atoms with Crippen LogP contribution >= 0.6 is 11.8 Å². The van der Waals surface area contributed by atoms with Gasteiger partial charge in [0.1, 0.15) is 0 Å². The van der Waals surface area contributed by atoms with E-state index in [4.69, 9.17) is 0 Å². The van der Waals surface area contributed by atoms with E-state index in [1.807, 2.05) is 0 Å². The standard InChI is InChI=1S/C9H20N2S/c1-3-4-6-11(2)9-8-12-7-5-10-9/h9-10H,3-8H2,1-2H3. The van der Waals surface area contributed by atoms with Gasteiger partial charge in [0.05, 0.1) is 6.17 Å². The van der Waals surface area contributed by atoms with Gasteiger partial charge in [-0.15, -0.1) is 0 Å². The highest BCUT2D eigenvalue weighted by Crippen LogP contribution is 2.10. The number of hydrogen-bond acceptors (Lipinski definition) is 3. The summed E-state index contributed by atoms with van der Waals surface area (Å²) in [7, 11) is 2.22. The maximum atomic E-state index is 3.53. The third kappa shape index (κ3) is 3.33. The largest absolute Gasteiger partial charge is 0.300 e. The van der Waals surface area contributed by atoms with Crippen molar-refractivity contribution < 1.29 is 0 Å². The second kappa shape index (κ2) is 5.84. The molecule has 1 heterocycles.